The molecule has 3 rings (SSSR count). The van der Waals surface area contributed by atoms with Crippen LogP contribution in [0.25, 0.3) is 0 Å². The number of amides is 1. The van der Waals surface area contributed by atoms with E-state index in [1.165, 1.54) is 18.4 Å². The zero-order valence-corrected chi connectivity index (χ0v) is 15.3. The number of rotatable bonds is 7. The van der Waals surface area contributed by atoms with Crippen molar-refractivity contribution in [2.45, 2.75) is 44.6 Å². The molecule has 4 nitrogen and oxygen atoms in total. The third-order valence-corrected chi connectivity index (χ3v) is 4.85. The Kier molecular flexibility index (Phi) is 5.59. The Labute approximate surface area is 153 Å². The quantitative estimate of drug-likeness (QED) is 0.796. The number of methoxy groups -OCH3 is 1. The predicted molar refractivity (Wildman–Crippen MR) is 99.1 cm³/mol. The highest BCUT2D eigenvalue weighted by Gasteiger charge is 2.25. The van der Waals surface area contributed by atoms with Gasteiger partial charge in [0.05, 0.1) is 13.0 Å². The molecule has 25 heavy (non-hydrogen) atoms. The van der Waals surface area contributed by atoms with Gasteiger partial charge in [-0.15, -0.1) is 0 Å². The molecule has 1 aromatic heterocycles. The first-order valence-corrected chi connectivity index (χ1v) is 9.06. The van der Waals surface area contributed by atoms with E-state index < -0.39 is 0 Å². The van der Waals surface area contributed by atoms with Gasteiger partial charge in [-0.05, 0) is 54.5 Å². The minimum atomic E-state index is -0.218. The van der Waals surface area contributed by atoms with Gasteiger partial charge in [0.1, 0.15) is 0 Å². The molecule has 0 bridgehead atoms. The molecule has 1 N–H and O–H groups in total. The molecular formula is C20H23ClN2O2. The topological polar surface area (TPSA) is 51.2 Å². The minimum absolute atomic E-state index is 0.0105. The van der Waals surface area contributed by atoms with E-state index in [-0.39, 0.29) is 11.8 Å². The molecular weight excluding hydrogens is 336 g/mol. The largest absolute Gasteiger partial charge is 0.481 e. The van der Waals surface area contributed by atoms with Crippen molar-refractivity contribution in [3.05, 3.63) is 58.2 Å². The summed E-state index contributed by atoms with van der Waals surface area (Å²) in [6, 6.07) is 9.58. The van der Waals surface area contributed by atoms with E-state index in [4.69, 9.17) is 16.3 Å². The molecule has 1 aliphatic rings. The van der Waals surface area contributed by atoms with Crippen LogP contribution in [0.1, 0.15) is 54.7 Å². The van der Waals surface area contributed by atoms with E-state index in [0.29, 0.717) is 29.8 Å². The lowest BCUT2D eigenvalue weighted by molar-refractivity contribution is -0.122. The number of hydrogen-bond donors (Lipinski definition) is 1. The molecule has 0 spiro atoms. The highest BCUT2D eigenvalue weighted by Crippen LogP contribution is 2.40. The van der Waals surface area contributed by atoms with Crippen LogP contribution in [0.15, 0.2) is 36.5 Å². The molecule has 1 saturated carbocycles. The van der Waals surface area contributed by atoms with E-state index in [2.05, 4.69) is 16.4 Å². The number of pyridine rings is 1. The molecule has 2 aromatic rings. The fourth-order valence-electron chi connectivity index (χ4n) is 3.07. The summed E-state index contributed by atoms with van der Waals surface area (Å²) in [5.41, 5.74) is 3.08. The summed E-state index contributed by atoms with van der Waals surface area (Å²) in [6.45, 7) is 2.41. The van der Waals surface area contributed by atoms with Gasteiger partial charge in [-0.2, -0.15) is 0 Å². The van der Waals surface area contributed by atoms with E-state index >= 15 is 0 Å². The molecule has 0 aliphatic heterocycles. The first-order valence-electron chi connectivity index (χ1n) is 8.68. The number of benzene rings is 1. The van der Waals surface area contributed by atoms with Crippen LogP contribution < -0.4 is 10.1 Å². The van der Waals surface area contributed by atoms with Gasteiger partial charge >= 0.3 is 0 Å². The summed E-state index contributed by atoms with van der Waals surface area (Å²) >= 11 is 6.06. The zero-order valence-electron chi connectivity index (χ0n) is 14.6. The third kappa shape index (κ3) is 4.31. The van der Waals surface area contributed by atoms with Crippen molar-refractivity contribution >= 4 is 17.5 Å². The lowest BCUT2D eigenvalue weighted by atomic mass is 9.95. The molecule has 1 heterocycles. The monoisotopic (exact) mass is 358 g/mol. The fourth-order valence-corrected chi connectivity index (χ4v) is 3.27. The number of ether oxygens (including phenoxy) is 1. The van der Waals surface area contributed by atoms with Crippen LogP contribution in [0.5, 0.6) is 5.88 Å². The Morgan fingerprint density at radius 2 is 2.20 bits per heavy atom. The number of carbonyl (C=O) groups excluding carboxylic acids is 1. The summed E-state index contributed by atoms with van der Waals surface area (Å²) in [7, 11) is 1.60. The van der Waals surface area contributed by atoms with Gasteiger partial charge in [-0.25, -0.2) is 4.98 Å². The van der Waals surface area contributed by atoms with Crippen molar-refractivity contribution in [1.82, 2.24) is 10.3 Å². The number of halogens is 1. The maximum Gasteiger partial charge on any atom is 0.227 e. The standard InChI is InChI=1S/C20H23ClN2O2/c1-3-18(14-5-4-6-17(21)10-14)19(24)22-12-16-9-15(13-7-8-13)11-23-20(16)25-2/h4-6,9-11,13,18H,3,7-8,12H2,1-2H3,(H,22,24). The Bertz CT molecular complexity index is 759. The summed E-state index contributed by atoms with van der Waals surface area (Å²) < 4.78 is 5.34. The van der Waals surface area contributed by atoms with Gasteiger partial charge < -0.3 is 10.1 Å². The number of nitrogens with one attached hydrogen (secondary N) is 1. The lowest BCUT2D eigenvalue weighted by Gasteiger charge is -2.17. The predicted octanol–water partition coefficient (Wildman–Crippen LogP) is 4.43. The minimum Gasteiger partial charge on any atom is -0.481 e. The Morgan fingerprint density at radius 3 is 2.84 bits per heavy atom. The Balaban J connectivity index is 1.71. The maximum atomic E-state index is 12.7. The van der Waals surface area contributed by atoms with Crippen molar-refractivity contribution in [3.63, 3.8) is 0 Å². The van der Waals surface area contributed by atoms with Crippen molar-refractivity contribution in [2.75, 3.05) is 7.11 Å². The number of nitrogens with zero attached hydrogens (tertiary/aromatic N) is 1. The van der Waals surface area contributed by atoms with Gasteiger partial charge in [-0.3, -0.25) is 4.79 Å². The summed E-state index contributed by atoms with van der Waals surface area (Å²) in [5, 5.41) is 3.67. The fraction of sp³-hybridized carbons (Fsp3) is 0.400. The van der Waals surface area contributed by atoms with Crippen LogP contribution in [-0.2, 0) is 11.3 Å². The molecule has 5 heteroatoms. The molecule has 1 amide bonds. The average molecular weight is 359 g/mol. The lowest BCUT2D eigenvalue weighted by Crippen LogP contribution is -2.29. The van der Waals surface area contributed by atoms with E-state index in [9.17, 15) is 4.79 Å². The van der Waals surface area contributed by atoms with Crippen molar-refractivity contribution in [1.29, 1.82) is 0 Å². The molecule has 1 unspecified atom stereocenters. The van der Waals surface area contributed by atoms with Gasteiger partial charge in [0, 0.05) is 23.3 Å². The van der Waals surface area contributed by atoms with Crippen LogP contribution in [0.3, 0.4) is 0 Å². The second-order valence-electron chi connectivity index (χ2n) is 6.44. The molecule has 0 radical (unpaired) electrons. The highest BCUT2D eigenvalue weighted by molar-refractivity contribution is 6.30. The average Bonchev–Trinajstić information content (AvgIpc) is 3.45. The summed E-state index contributed by atoms with van der Waals surface area (Å²) in [4.78, 5) is 17.1. The van der Waals surface area contributed by atoms with Crippen LogP contribution in [0, 0.1) is 0 Å². The number of aromatic nitrogens is 1. The normalized spacial score (nSPS) is 14.8. The molecule has 132 valence electrons. The molecule has 0 saturated heterocycles. The van der Waals surface area contributed by atoms with Crippen molar-refractivity contribution in [2.24, 2.45) is 0 Å². The number of carbonyl (C=O) groups is 1. The number of hydrogen-bond acceptors (Lipinski definition) is 3. The SMILES string of the molecule is CCC(C(=O)NCc1cc(C2CC2)cnc1OC)c1cccc(Cl)c1. The van der Waals surface area contributed by atoms with Crippen LogP contribution in [0.4, 0.5) is 0 Å². The van der Waals surface area contributed by atoms with E-state index in [1.54, 1.807) is 7.11 Å². The van der Waals surface area contributed by atoms with E-state index in [1.807, 2.05) is 37.4 Å². The van der Waals surface area contributed by atoms with Crippen molar-refractivity contribution < 1.29 is 9.53 Å². The molecule has 1 aromatic carbocycles. The smallest absolute Gasteiger partial charge is 0.227 e. The van der Waals surface area contributed by atoms with Gasteiger partial charge in [0.25, 0.3) is 0 Å². The van der Waals surface area contributed by atoms with Crippen LogP contribution in [-0.4, -0.2) is 18.0 Å². The van der Waals surface area contributed by atoms with Gasteiger partial charge in [0.2, 0.25) is 11.8 Å². The maximum absolute atomic E-state index is 12.7. The Hall–Kier alpha value is -2.07. The van der Waals surface area contributed by atoms with Gasteiger partial charge in [-0.1, -0.05) is 30.7 Å². The molecule has 1 atom stereocenters. The molecule has 1 aliphatic carbocycles. The van der Waals surface area contributed by atoms with Crippen LogP contribution in [0.2, 0.25) is 5.02 Å². The first kappa shape index (κ1) is 17.7. The highest BCUT2D eigenvalue weighted by atomic mass is 35.5. The molecule has 1 fully saturated rings. The van der Waals surface area contributed by atoms with Crippen molar-refractivity contribution in [3.8, 4) is 5.88 Å². The summed E-state index contributed by atoms with van der Waals surface area (Å²) in [5.74, 6) is 0.955. The second kappa shape index (κ2) is 7.87. The second-order valence-corrected chi connectivity index (χ2v) is 6.88. The van der Waals surface area contributed by atoms with E-state index in [0.717, 1.165) is 11.1 Å². The Morgan fingerprint density at radius 1 is 1.40 bits per heavy atom. The zero-order chi connectivity index (χ0) is 17.8. The van der Waals surface area contributed by atoms with Crippen LogP contribution >= 0.6 is 11.6 Å². The third-order valence-electron chi connectivity index (χ3n) is 4.62. The van der Waals surface area contributed by atoms with Gasteiger partial charge in [0.15, 0.2) is 0 Å². The summed E-state index contributed by atoms with van der Waals surface area (Å²) in [6.07, 6.45) is 5.02. The first-order chi connectivity index (χ1) is 12.1.